The summed E-state index contributed by atoms with van der Waals surface area (Å²) in [5, 5.41) is 10.9. The molecule has 1 aromatic heterocycles. The fourth-order valence-electron chi connectivity index (χ4n) is 2.17. The van der Waals surface area contributed by atoms with Crippen LogP contribution in [0.15, 0.2) is 46.0 Å². The Bertz CT molecular complexity index is 920. The van der Waals surface area contributed by atoms with Crippen molar-refractivity contribution in [1.29, 1.82) is 0 Å². The van der Waals surface area contributed by atoms with E-state index in [0.717, 1.165) is 5.56 Å². The second kappa shape index (κ2) is 9.89. The Balaban J connectivity index is 1.44. The van der Waals surface area contributed by atoms with Crippen molar-refractivity contribution in [2.24, 2.45) is 0 Å². The van der Waals surface area contributed by atoms with Crippen LogP contribution in [0.4, 0.5) is 0 Å². The highest BCUT2D eigenvalue weighted by Gasteiger charge is 2.09. The third-order valence-corrected chi connectivity index (χ3v) is 5.49. The first-order valence-corrected chi connectivity index (χ1v) is 10.5. The average molecular weight is 464 g/mol. The van der Waals surface area contributed by atoms with E-state index in [1.165, 1.54) is 11.8 Å². The van der Waals surface area contributed by atoms with Crippen LogP contribution in [0.25, 0.3) is 0 Å². The van der Waals surface area contributed by atoms with Crippen molar-refractivity contribution in [3.05, 3.63) is 67.9 Å². The van der Waals surface area contributed by atoms with Gasteiger partial charge in [-0.05, 0) is 42.3 Å². The third kappa shape index (κ3) is 6.19. The molecule has 0 bridgehead atoms. The van der Waals surface area contributed by atoms with E-state index in [1.807, 2.05) is 6.07 Å². The molecule has 1 heterocycles. The van der Waals surface area contributed by atoms with E-state index >= 15 is 0 Å². The highest BCUT2D eigenvalue weighted by molar-refractivity contribution is 7.98. The number of thioether (sulfide) groups is 1. The Morgan fingerprint density at radius 1 is 0.926 bits per heavy atom. The lowest BCUT2D eigenvalue weighted by atomic mass is 10.2. The number of halogens is 4. The van der Waals surface area contributed by atoms with Gasteiger partial charge < -0.3 is 9.15 Å². The predicted octanol–water partition coefficient (Wildman–Crippen LogP) is 6.99. The number of rotatable bonds is 8. The van der Waals surface area contributed by atoms with Crippen LogP contribution in [0.2, 0.25) is 20.1 Å². The third-order valence-electron chi connectivity index (χ3n) is 3.50. The molecule has 0 amide bonds. The van der Waals surface area contributed by atoms with Gasteiger partial charge in [0.25, 0.3) is 5.22 Å². The van der Waals surface area contributed by atoms with Crippen LogP contribution in [0.3, 0.4) is 0 Å². The number of nitrogens with zero attached hydrogens (tertiary/aromatic N) is 2. The van der Waals surface area contributed by atoms with Crippen LogP contribution in [-0.2, 0) is 12.2 Å². The summed E-state index contributed by atoms with van der Waals surface area (Å²) in [6, 6.07) is 10.5. The van der Waals surface area contributed by atoms with Crippen LogP contribution >= 0.6 is 58.2 Å². The van der Waals surface area contributed by atoms with Gasteiger partial charge >= 0.3 is 0 Å². The van der Waals surface area contributed by atoms with Gasteiger partial charge in [-0.15, -0.1) is 10.2 Å². The molecule has 0 fully saturated rings. The summed E-state index contributed by atoms with van der Waals surface area (Å²) in [4.78, 5) is 0. The molecule has 9 heteroatoms. The van der Waals surface area contributed by atoms with Crippen molar-refractivity contribution in [3.63, 3.8) is 0 Å². The van der Waals surface area contributed by atoms with Gasteiger partial charge in [-0.25, -0.2) is 0 Å². The molecular weight excluding hydrogens is 450 g/mol. The molecule has 0 saturated carbocycles. The predicted molar refractivity (Wildman–Crippen MR) is 111 cm³/mol. The molecule has 0 spiro atoms. The van der Waals surface area contributed by atoms with Crippen molar-refractivity contribution in [2.45, 2.75) is 23.8 Å². The van der Waals surface area contributed by atoms with Crippen LogP contribution in [0.1, 0.15) is 17.9 Å². The molecule has 0 atom stereocenters. The van der Waals surface area contributed by atoms with Gasteiger partial charge in [-0.3, -0.25) is 0 Å². The molecule has 0 unspecified atom stereocenters. The first-order chi connectivity index (χ1) is 13.0. The molecule has 0 saturated heterocycles. The monoisotopic (exact) mass is 462 g/mol. The standard InChI is InChI=1S/C18H14Cl4N2O2S/c19-12-4-3-11(14(21)8-12)10-27-18-24-23-17(26-18)2-1-7-25-16-6-5-13(20)9-15(16)22/h3-6,8-9H,1-2,7,10H2. The Morgan fingerprint density at radius 3 is 2.41 bits per heavy atom. The molecule has 0 radical (unpaired) electrons. The summed E-state index contributed by atoms with van der Waals surface area (Å²) in [5.41, 5.74) is 0.957. The van der Waals surface area contributed by atoms with Crippen molar-refractivity contribution in [3.8, 4) is 5.75 Å². The van der Waals surface area contributed by atoms with Crippen molar-refractivity contribution in [2.75, 3.05) is 6.61 Å². The van der Waals surface area contributed by atoms with E-state index in [4.69, 9.17) is 55.6 Å². The minimum absolute atomic E-state index is 0.479. The number of hydrogen-bond acceptors (Lipinski definition) is 5. The average Bonchev–Trinajstić information content (AvgIpc) is 3.07. The molecule has 3 aromatic rings. The second-order valence-corrected chi connectivity index (χ2v) is 8.13. The van der Waals surface area contributed by atoms with E-state index in [1.54, 1.807) is 30.3 Å². The van der Waals surface area contributed by atoms with Gasteiger partial charge in [0.2, 0.25) is 5.89 Å². The lowest BCUT2D eigenvalue weighted by Crippen LogP contribution is -2.00. The maximum absolute atomic E-state index is 6.16. The largest absolute Gasteiger partial charge is 0.492 e. The lowest BCUT2D eigenvalue weighted by molar-refractivity contribution is 0.302. The van der Waals surface area contributed by atoms with E-state index < -0.39 is 0 Å². The number of ether oxygens (including phenoxy) is 1. The summed E-state index contributed by atoms with van der Waals surface area (Å²) in [6.45, 7) is 0.479. The first-order valence-electron chi connectivity index (χ1n) is 7.98. The molecule has 2 aromatic carbocycles. The zero-order valence-corrected chi connectivity index (χ0v) is 17.8. The molecule has 0 N–H and O–H groups in total. The maximum atomic E-state index is 6.16. The number of hydrogen-bond donors (Lipinski definition) is 0. The Kier molecular flexibility index (Phi) is 7.56. The van der Waals surface area contributed by atoms with Gasteiger partial charge in [0.15, 0.2) is 0 Å². The quantitative estimate of drug-likeness (QED) is 0.266. The Hall–Kier alpha value is -1.11. The van der Waals surface area contributed by atoms with E-state index in [0.29, 0.717) is 62.2 Å². The smallest absolute Gasteiger partial charge is 0.276 e. The first kappa shape index (κ1) is 20.6. The Morgan fingerprint density at radius 2 is 1.67 bits per heavy atom. The summed E-state index contributed by atoms with van der Waals surface area (Å²) >= 11 is 25.4. The van der Waals surface area contributed by atoms with Crippen LogP contribution < -0.4 is 4.74 Å². The minimum Gasteiger partial charge on any atom is -0.492 e. The molecule has 3 rings (SSSR count). The van der Waals surface area contributed by atoms with Crippen molar-refractivity contribution in [1.82, 2.24) is 10.2 Å². The normalized spacial score (nSPS) is 11.0. The fourth-order valence-corrected chi connectivity index (χ4v) is 3.98. The highest BCUT2D eigenvalue weighted by atomic mass is 35.5. The van der Waals surface area contributed by atoms with Gasteiger partial charge in [-0.1, -0.05) is 64.2 Å². The van der Waals surface area contributed by atoms with Gasteiger partial charge in [0.1, 0.15) is 5.75 Å². The summed E-state index contributed by atoms with van der Waals surface area (Å²) < 4.78 is 11.3. The van der Waals surface area contributed by atoms with Crippen molar-refractivity contribution >= 4 is 58.2 Å². The number of aryl methyl sites for hydroxylation is 1. The van der Waals surface area contributed by atoms with Crippen LogP contribution in [0, 0.1) is 0 Å². The zero-order valence-electron chi connectivity index (χ0n) is 13.9. The van der Waals surface area contributed by atoms with Crippen molar-refractivity contribution < 1.29 is 9.15 Å². The van der Waals surface area contributed by atoms with E-state index in [9.17, 15) is 0 Å². The topological polar surface area (TPSA) is 48.2 Å². The fraction of sp³-hybridized carbons (Fsp3) is 0.222. The molecule has 0 aliphatic rings. The molecule has 142 valence electrons. The molecule has 27 heavy (non-hydrogen) atoms. The van der Waals surface area contributed by atoms with Crippen LogP contribution in [-0.4, -0.2) is 16.8 Å². The van der Waals surface area contributed by atoms with E-state index in [2.05, 4.69) is 10.2 Å². The lowest BCUT2D eigenvalue weighted by Gasteiger charge is -2.07. The maximum Gasteiger partial charge on any atom is 0.276 e. The van der Waals surface area contributed by atoms with E-state index in [-0.39, 0.29) is 0 Å². The molecule has 0 aliphatic carbocycles. The molecular formula is C18H14Cl4N2O2S. The summed E-state index contributed by atoms with van der Waals surface area (Å²) in [6.07, 6.45) is 1.33. The van der Waals surface area contributed by atoms with Gasteiger partial charge in [0, 0.05) is 27.2 Å². The minimum atomic E-state index is 0.479. The van der Waals surface area contributed by atoms with Gasteiger partial charge in [-0.2, -0.15) is 0 Å². The van der Waals surface area contributed by atoms with Crippen LogP contribution in [0.5, 0.6) is 5.75 Å². The SMILES string of the molecule is Clc1ccc(CSc2nnc(CCCOc3ccc(Cl)cc3Cl)o2)c(Cl)c1. The Labute approximate surface area is 181 Å². The molecule has 0 aliphatic heterocycles. The number of aromatic nitrogens is 2. The zero-order chi connectivity index (χ0) is 19.2. The van der Waals surface area contributed by atoms with Gasteiger partial charge in [0.05, 0.1) is 11.6 Å². The summed E-state index contributed by atoms with van der Waals surface area (Å²) in [7, 11) is 0. The highest BCUT2D eigenvalue weighted by Crippen LogP contribution is 2.29. The summed E-state index contributed by atoms with van der Waals surface area (Å²) in [5.74, 6) is 1.78. The number of benzene rings is 2. The second-order valence-electron chi connectivity index (χ2n) is 5.51. The molecule has 4 nitrogen and oxygen atoms in total.